The third-order valence-electron chi connectivity index (χ3n) is 4.83. The van der Waals surface area contributed by atoms with Gasteiger partial charge in [-0.1, -0.05) is 42.5 Å². The third kappa shape index (κ3) is 2.85. The van der Waals surface area contributed by atoms with Crippen LogP contribution in [0.2, 0.25) is 0 Å². The first kappa shape index (κ1) is 17.6. The summed E-state index contributed by atoms with van der Waals surface area (Å²) >= 11 is 0. The summed E-state index contributed by atoms with van der Waals surface area (Å²) in [7, 11) is 0. The van der Waals surface area contributed by atoms with Crippen molar-refractivity contribution in [3.05, 3.63) is 95.3 Å². The molecule has 2 amide bonds. The first-order chi connectivity index (χ1) is 13.6. The summed E-state index contributed by atoms with van der Waals surface area (Å²) in [5.41, 5.74) is 1.53. The quantitative estimate of drug-likeness (QED) is 0.510. The molecule has 28 heavy (non-hydrogen) atoms. The number of aromatic nitrogens is 1. The molecule has 0 radical (unpaired) electrons. The summed E-state index contributed by atoms with van der Waals surface area (Å²) in [5.74, 6) is -1.52. The number of amides is 2. The van der Waals surface area contributed by atoms with Gasteiger partial charge in [-0.15, -0.1) is 0 Å². The number of carbonyl (C=O) groups is 4. The molecule has 0 bridgehead atoms. The van der Waals surface area contributed by atoms with Crippen LogP contribution in [0.5, 0.6) is 0 Å². The molecule has 3 aromatic rings. The summed E-state index contributed by atoms with van der Waals surface area (Å²) in [6.45, 7) is 0. The molecule has 2 aromatic carbocycles. The Labute approximate surface area is 161 Å². The van der Waals surface area contributed by atoms with Crippen LogP contribution in [0.15, 0.2) is 72.9 Å². The predicted molar refractivity (Wildman–Crippen MR) is 101 cm³/mol. The molecule has 0 saturated carbocycles. The standard InChI is InChI=1S/C22H16N2O4/c25-14-16-9-6-12-23(16)22(28)19(13-15-7-2-1-3-8-15)24-20(26)17-10-4-5-11-18(17)21(24)27/h1-12,14,19H,13H2/t19-/m1/s1. The van der Waals surface area contributed by atoms with Gasteiger partial charge in [-0.05, 0) is 29.8 Å². The highest BCUT2D eigenvalue weighted by Crippen LogP contribution is 2.27. The summed E-state index contributed by atoms with van der Waals surface area (Å²) in [5, 5.41) is 0. The van der Waals surface area contributed by atoms with Crippen molar-refractivity contribution in [3.8, 4) is 0 Å². The van der Waals surface area contributed by atoms with Crippen LogP contribution in [0.3, 0.4) is 0 Å². The van der Waals surface area contributed by atoms with E-state index in [1.165, 1.54) is 16.8 Å². The lowest BCUT2D eigenvalue weighted by atomic mass is 10.0. The second-order valence-electron chi connectivity index (χ2n) is 6.49. The smallest absolute Gasteiger partial charge is 0.262 e. The largest absolute Gasteiger partial charge is 0.296 e. The molecule has 0 aliphatic carbocycles. The van der Waals surface area contributed by atoms with Crippen molar-refractivity contribution >= 4 is 24.0 Å². The van der Waals surface area contributed by atoms with E-state index >= 15 is 0 Å². The molecule has 0 fully saturated rings. The molecule has 1 aliphatic heterocycles. The molecular weight excluding hydrogens is 356 g/mol. The molecule has 4 rings (SSSR count). The van der Waals surface area contributed by atoms with Gasteiger partial charge in [0.1, 0.15) is 6.04 Å². The van der Waals surface area contributed by atoms with Crippen LogP contribution >= 0.6 is 0 Å². The van der Waals surface area contributed by atoms with E-state index in [0.717, 1.165) is 10.5 Å². The van der Waals surface area contributed by atoms with Gasteiger partial charge in [0, 0.05) is 12.6 Å². The predicted octanol–water partition coefficient (Wildman–Crippen LogP) is 2.85. The van der Waals surface area contributed by atoms with Crippen LogP contribution in [-0.2, 0) is 6.42 Å². The van der Waals surface area contributed by atoms with E-state index < -0.39 is 23.8 Å². The zero-order chi connectivity index (χ0) is 19.7. The normalized spacial score (nSPS) is 14.1. The maximum Gasteiger partial charge on any atom is 0.262 e. The van der Waals surface area contributed by atoms with Gasteiger partial charge < -0.3 is 0 Å². The van der Waals surface area contributed by atoms with Gasteiger partial charge in [0.2, 0.25) is 0 Å². The van der Waals surface area contributed by atoms with E-state index in [4.69, 9.17) is 0 Å². The number of benzene rings is 2. The number of rotatable bonds is 5. The first-order valence-electron chi connectivity index (χ1n) is 8.79. The van der Waals surface area contributed by atoms with Crippen LogP contribution in [0.4, 0.5) is 0 Å². The van der Waals surface area contributed by atoms with Crippen LogP contribution in [0, 0.1) is 0 Å². The molecule has 1 aromatic heterocycles. The lowest BCUT2D eigenvalue weighted by molar-refractivity contribution is 0.0512. The van der Waals surface area contributed by atoms with Gasteiger partial charge in [0.25, 0.3) is 17.7 Å². The highest BCUT2D eigenvalue weighted by molar-refractivity contribution is 6.23. The molecule has 1 aliphatic rings. The van der Waals surface area contributed by atoms with Crippen LogP contribution in [-0.4, -0.2) is 39.5 Å². The van der Waals surface area contributed by atoms with Crippen LogP contribution < -0.4 is 0 Å². The average molecular weight is 372 g/mol. The maximum absolute atomic E-state index is 13.3. The summed E-state index contributed by atoms with van der Waals surface area (Å²) in [4.78, 5) is 51.5. The van der Waals surface area contributed by atoms with Crippen molar-refractivity contribution < 1.29 is 19.2 Å². The number of hydrogen-bond donors (Lipinski definition) is 0. The Kier molecular flexibility index (Phi) is 4.45. The van der Waals surface area contributed by atoms with Crippen molar-refractivity contribution in [2.75, 3.05) is 0 Å². The molecule has 138 valence electrons. The minimum absolute atomic E-state index is 0.154. The third-order valence-corrected chi connectivity index (χ3v) is 4.83. The van der Waals surface area contributed by atoms with Gasteiger partial charge in [0.05, 0.1) is 16.8 Å². The number of aldehydes is 1. The topological polar surface area (TPSA) is 76.5 Å². The lowest BCUT2D eigenvalue weighted by Crippen LogP contribution is -2.48. The number of fused-ring (bicyclic) bond motifs is 1. The number of carbonyl (C=O) groups excluding carboxylic acids is 4. The maximum atomic E-state index is 13.3. The molecule has 0 spiro atoms. The molecule has 1 atom stereocenters. The van der Waals surface area contributed by atoms with E-state index in [2.05, 4.69) is 0 Å². The second-order valence-corrected chi connectivity index (χ2v) is 6.49. The van der Waals surface area contributed by atoms with Crippen molar-refractivity contribution in [2.24, 2.45) is 0 Å². The van der Waals surface area contributed by atoms with E-state index in [9.17, 15) is 19.2 Å². The summed E-state index contributed by atoms with van der Waals surface area (Å²) in [6.07, 6.45) is 2.18. The Bertz CT molecular complexity index is 1050. The fraction of sp³-hybridized carbons (Fsp3) is 0.0909. The minimum Gasteiger partial charge on any atom is -0.296 e. The van der Waals surface area contributed by atoms with Crippen molar-refractivity contribution in [1.82, 2.24) is 9.47 Å². The Hall–Kier alpha value is -3.80. The van der Waals surface area contributed by atoms with Gasteiger partial charge in [-0.3, -0.25) is 28.6 Å². The molecule has 0 saturated heterocycles. The summed E-state index contributed by atoms with van der Waals surface area (Å²) in [6, 6.07) is 17.7. The monoisotopic (exact) mass is 372 g/mol. The van der Waals surface area contributed by atoms with Gasteiger partial charge in [0.15, 0.2) is 6.29 Å². The zero-order valence-corrected chi connectivity index (χ0v) is 14.8. The molecule has 6 nitrogen and oxygen atoms in total. The average Bonchev–Trinajstić information content (AvgIpc) is 3.30. The number of hydrogen-bond acceptors (Lipinski definition) is 4. The van der Waals surface area contributed by atoms with E-state index in [0.29, 0.717) is 6.29 Å². The Morgan fingerprint density at radius 1 is 0.857 bits per heavy atom. The SMILES string of the molecule is O=Cc1cccn1C(=O)[C@@H](Cc1ccccc1)N1C(=O)c2ccccc2C1=O. The Balaban J connectivity index is 1.78. The lowest BCUT2D eigenvalue weighted by Gasteiger charge is -2.25. The first-order valence-corrected chi connectivity index (χ1v) is 8.79. The summed E-state index contributed by atoms with van der Waals surface area (Å²) < 4.78 is 1.18. The highest BCUT2D eigenvalue weighted by atomic mass is 16.2. The molecular formula is C22H16N2O4. The fourth-order valence-corrected chi connectivity index (χ4v) is 3.47. The Morgan fingerprint density at radius 3 is 2.07 bits per heavy atom. The molecule has 6 heteroatoms. The van der Waals surface area contributed by atoms with Crippen LogP contribution in [0.1, 0.15) is 41.6 Å². The minimum atomic E-state index is -1.07. The molecule has 0 unspecified atom stereocenters. The van der Waals surface area contributed by atoms with Gasteiger partial charge >= 0.3 is 0 Å². The highest BCUT2D eigenvalue weighted by Gasteiger charge is 2.43. The van der Waals surface area contributed by atoms with Crippen LogP contribution in [0.25, 0.3) is 0 Å². The number of imide groups is 1. The van der Waals surface area contributed by atoms with Crippen molar-refractivity contribution in [3.63, 3.8) is 0 Å². The van der Waals surface area contributed by atoms with Gasteiger partial charge in [-0.2, -0.15) is 0 Å². The molecule has 0 N–H and O–H groups in total. The second kappa shape index (κ2) is 7.08. The van der Waals surface area contributed by atoms with E-state index in [1.807, 2.05) is 30.3 Å². The van der Waals surface area contributed by atoms with Gasteiger partial charge in [-0.25, -0.2) is 0 Å². The van der Waals surface area contributed by atoms with E-state index in [-0.39, 0.29) is 23.2 Å². The number of nitrogens with zero attached hydrogens (tertiary/aromatic N) is 2. The fourth-order valence-electron chi connectivity index (χ4n) is 3.47. The van der Waals surface area contributed by atoms with E-state index in [1.54, 1.807) is 30.3 Å². The van der Waals surface area contributed by atoms with Crippen molar-refractivity contribution in [2.45, 2.75) is 12.5 Å². The zero-order valence-electron chi connectivity index (χ0n) is 14.8. The molecule has 2 heterocycles. The van der Waals surface area contributed by atoms with Crippen molar-refractivity contribution in [1.29, 1.82) is 0 Å². The Morgan fingerprint density at radius 2 is 1.46 bits per heavy atom.